The standard InChI is InChI=1S/C11H11BrCl2/c1-8(3-2-6-12)10-7-9(13)4-5-11(10)14/h3-5,7H,2,6H2,1H3/b8-3-. The van der Waals surface area contributed by atoms with Crippen LogP contribution in [0.2, 0.25) is 10.0 Å². The molecule has 0 atom stereocenters. The van der Waals surface area contributed by atoms with Gasteiger partial charge in [0.05, 0.1) is 0 Å². The van der Waals surface area contributed by atoms with Crippen LogP contribution in [0, 0.1) is 0 Å². The van der Waals surface area contributed by atoms with Gasteiger partial charge in [0.25, 0.3) is 0 Å². The van der Waals surface area contributed by atoms with Crippen molar-refractivity contribution in [3.8, 4) is 0 Å². The molecule has 3 heteroatoms. The molecule has 0 radical (unpaired) electrons. The van der Waals surface area contributed by atoms with Crippen LogP contribution in [-0.2, 0) is 0 Å². The zero-order valence-electron chi connectivity index (χ0n) is 7.86. The smallest absolute Gasteiger partial charge is 0.0481 e. The molecule has 0 aromatic heterocycles. The second-order valence-corrected chi connectivity index (χ2v) is 4.63. The van der Waals surface area contributed by atoms with Gasteiger partial charge >= 0.3 is 0 Å². The number of hydrogen-bond acceptors (Lipinski definition) is 0. The van der Waals surface area contributed by atoms with Crippen LogP contribution in [0.5, 0.6) is 0 Å². The predicted octanol–water partition coefficient (Wildman–Crippen LogP) is 5.18. The van der Waals surface area contributed by atoms with E-state index < -0.39 is 0 Å². The third-order valence-electron chi connectivity index (χ3n) is 1.91. The summed E-state index contributed by atoms with van der Waals surface area (Å²) in [5, 5.41) is 2.43. The molecule has 0 spiro atoms. The van der Waals surface area contributed by atoms with Crippen LogP contribution in [0.15, 0.2) is 24.3 Å². The largest absolute Gasteiger partial charge is 0.0925 e. The highest BCUT2D eigenvalue weighted by molar-refractivity contribution is 9.09. The van der Waals surface area contributed by atoms with Crippen molar-refractivity contribution in [3.05, 3.63) is 39.9 Å². The minimum absolute atomic E-state index is 0.719. The Morgan fingerprint density at radius 3 is 2.79 bits per heavy atom. The van der Waals surface area contributed by atoms with Crippen LogP contribution in [0.3, 0.4) is 0 Å². The van der Waals surface area contributed by atoms with Crippen molar-refractivity contribution < 1.29 is 0 Å². The van der Waals surface area contributed by atoms with Gasteiger partial charge in [0.1, 0.15) is 0 Å². The van der Waals surface area contributed by atoms with Crippen molar-refractivity contribution in [1.82, 2.24) is 0 Å². The van der Waals surface area contributed by atoms with Crippen molar-refractivity contribution in [2.75, 3.05) is 5.33 Å². The Bertz CT molecular complexity index is 345. The molecule has 0 unspecified atom stereocenters. The molecule has 0 heterocycles. The number of hydrogen-bond donors (Lipinski definition) is 0. The average Bonchev–Trinajstić information content (AvgIpc) is 2.18. The lowest BCUT2D eigenvalue weighted by molar-refractivity contribution is 1.26. The number of rotatable bonds is 3. The molecule has 0 nitrogen and oxygen atoms in total. The minimum Gasteiger partial charge on any atom is -0.0925 e. The van der Waals surface area contributed by atoms with Crippen LogP contribution in [0.1, 0.15) is 18.9 Å². The molecule has 0 bridgehead atoms. The Morgan fingerprint density at radius 2 is 2.14 bits per heavy atom. The summed E-state index contributed by atoms with van der Waals surface area (Å²) >= 11 is 15.3. The molecule has 0 fully saturated rings. The SMILES string of the molecule is C/C(=C/CCBr)c1cc(Cl)ccc1Cl. The molecule has 0 aliphatic rings. The Balaban J connectivity index is 2.99. The van der Waals surface area contributed by atoms with Gasteiger partial charge in [-0.1, -0.05) is 45.2 Å². The third-order valence-corrected chi connectivity index (χ3v) is 2.94. The lowest BCUT2D eigenvalue weighted by atomic mass is 10.1. The summed E-state index contributed by atoms with van der Waals surface area (Å²) in [5.41, 5.74) is 2.18. The molecule has 1 aromatic rings. The van der Waals surface area contributed by atoms with E-state index in [1.807, 2.05) is 19.1 Å². The minimum atomic E-state index is 0.719. The molecule has 1 aromatic carbocycles. The molecule has 0 aliphatic carbocycles. The lowest BCUT2D eigenvalue weighted by Crippen LogP contribution is -1.82. The molecule has 14 heavy (non-hydrogen) atoms. The third kappa shape index (κ3) is 3.30. The van der Waals surface area contributed by atoms with E-state index in [-0.39, 0.29) is 0 Å². The Hall–Kier alpha value is 0.0200. The first kappa shape index (κ1) is 12.1. The summed E-state index contributed by atoms with van der Waals surface area (Å²) in [5.74, 6) is 0. The van der Waals surface area contributed by atoms with Gasteiger partial charge in [-0.15, -0.1) is 0 Å². The topological polar surface area (TPSA) is 0 Å². The fourth-order valence-electron chi connectivity index (χ4n) is 1.18. The monoisotopic (exact) mass is 292 g/mol. The van der Waals surface area contributed by atoms with Crippen LogP contribution >= 0.6 is 39.1 Å². The number of allylic oxidation sites excluding steroid dienone is 2. The van der Waals surface area contributed by atoms with Crippen molar-refractivity contribution in [3.63, 3.8) is 0 Å². The summed E-state index contributed by atoms with van der Waals surface area (Å²) in [7, 11) is 0. The summed E-state index contributed by atoms with van der Waals surface area (Å²) in [6.07, 6.45) is 3.14. The predicted molar refractivity (Wildman–Crippen MR) is 68.5 cm³/mol. The molecule has 0 N–H and O–H groups in total. The van der Waals surface area contributed by atoms with Crippen LogP contribution in [-0.4, -0.2) is 5.33 Å². The molecule has 1 rings (SSSR count). The van der Waals surface area contributed by atoms with E-state index in [1.54, 1.807) is 6.07 Å². The summed E-state index contributed by atoms with van der Waals surface area (Å²) in [4.78, 5) is 0. The number of halogens is 3. The quantitative estimate of drug-likeness (QED) is 0.674. The zero-order chi connectivity index (χ0) is 10.6. The van der Waals surface area contributed by atoms with Gasteiger partial charge in [0, 0.05) is 15.4 Å². The normalized spacial score (nSPS) is 11.9. The Labute approximate surface area is 103 Å². The van der Waals surface area contributed by atoms with E-state index in [9.17, 15) is 0 Å². The van der Waals surface area contributed by atoms with E-state index in [0.717, 1.165) is 32.9 Å². The fourth-order valence-corrected chi connectivity index (χ4v) is 1.85. The maximum atomic E-state index is 6.06. The highest BCUT2D eigenvalue weighted by Crippen LogP contribution is 2.27. The Morgan fingerprint density at radius 1 is 1.43 bits per heavy atom. The summed E-state index contributed by atoms with van der Waals surface area (Å²) < 4.78 is 0. The van der Waals surface area contributed by atoms with Crippen molar-refractivity contribution in [2.45, 2.75) is 13.3 Å². The van der Waals surface area contributed by atoms with E-state index in [4.69, 9.17) is 23.2 Å². The second kappa shape index (κ2) is 5.79. The van der Waals surface area contributed by atoms with Gasteiger partial charge in [0.2, 0.25) is 0 Å². The van der Waals surface area contributed by atoms with Crippen LogP contribution in [0.25, 0.3) is 5.57 Å². The number of alkyl halides is 1. The molecule has 0 saturated carbocycles. The van der Waals surface area contributed by atoms with Gasteiger partial charge in [-0.05, 0) is 42.7 Å². The zero-order valence-corrected chi connectivity index (χ0v) is 11.0. The molecule has 0 amide bonds. The summed E-state index contributed by atoms with van der Waals surface area (Å²) in [6.45, 7) is 2.04. The first-order chi connectivity index (χ1) is 6.65. The molecular formula is C11H11BrCl2. The van der Waals surface area contributed by atoms with Crippen molar-refractivity contribution in [2.24, 2.45) is 0 Å². The van der Waals surface area contributed by atoms with Gasteiger partial charge in [-0.25, -0.2) is 0 Å². The van der Waals surface area contributed by atoms with E-state index in [2.05, 4.69) is 22.0 Å². The van der Waals surface area contributed by atoms with Gasteiger partial charge < -0.3 is 0 Å². The van der Waals surface area contributed by atoms with Crippen LogP contribution < -0.4 is 0 Å². The van der Waals surface area contributed by atoms with Gasteiger partial charge in [0.15, 0.2) is 0 Å². The van der Waals surface area contributed by atoms with Gasteiger partial charge in [-0.2, -0.15) is 0 Å². The van der Waals surface area contributed by atoms with E-state index >= 15 is 0 Å². The number of benzene rings is 1. The first-order valence-electron chi connectivity index (χ1n) is 4.33. The van der Waals surface area contributed by atoms with Gasteiger partial charge in [-0.3, -0.25) is 0 Å². The maximum Gasteiger partial charge on any atom is 0.0481 e. The van der Waals surface area contributed by atoms with Crippen LogP contribution in [0.4, 0.5) is 0 Å². The highest BCUT2D eigenvalue weighted by Gasteiger charge is 2.02. The molecule has 76 valence electrons. The summed E-state index contributed by atoms with van der Waals surface area (Å²) in [6, 6.07) is 5.51. The maximum absolute atomic E-state index is 6.06. The Kier molecular flexibility index (Phi) is 5.00. The lowest BCUT2D eigenvalue weighted by Gasteiger charge is -2.04. The molecular weight excluding hydrogens is 283 g/mol. The van der Waals surface area contributed by atoms with E-state index in [1.165, 1.54) is 0 Å². The van der Waals surface area contributed by atoms with Crippen molar-refractivity contribution >= 4 is 44.7 Å². The fraction of sp³-hybridized carbons (Fsp3) is 0.273. The second-order valence-electron chi connectivity index (χ2n) is 2.99. The highest BCUT2D eigenvalue weighted by atomic mass is 79.9. The average molecular weight is 294 g/mol. The molecule has 0 saturated heterocycles. The van der Waals surface area contributed by atoms with E-state index in [0.29, 0.717) is 0 Å². The first-order valence-corrected chi connectivity index (χ1v) is 6.21. The van der Waals surface area contributed by atoms with Crippen molar-refractivity contribution in [1.29, 1.82) is 0 Å². The molecule has 0 aliphatic heterocycles.